The summed E-state index contributed by atoms with van der Waals surface area (Å²) in [4.78, 5) is 35.7. The van der Waals surface area contributed by atoms with E-state index in [-0.39, 0.29) is 13.2 Å². The topological polar surface area (TPSA) is 103 Å². The molecule has 8 nitrogen and oxygen atoms in total. The fraction of sp³-hybridized carbons (Fsp3) is 0.353. The van der Waals surface area contributed by atoms with E-state index < -0.39 is 24.0 Å². The van der Waals surface area contributed by atoms with Gasteiger partial charge in [-0.1, -0.05) is 12.1 Å². The molecule has 134 valence electrons. The molecule has 0 saturated carbocycles. The second-order valence-electron chi connectivity index (χ2n) is 5.31. The summed E-state index contributed by atoms with van der Waals surface area (Å²) < 4.78 is 14.7. The van der Waals surface area contributed by atoms with E-state index in [4.69, 9.17) is 9.47 Å². The van der Waals surface area contributed by atoms with E-state index in [2.05, 4.69) is 15.4 Å². The van der Waals surface area contributed by atoms with E-state index >= 15 is 0 Å². The molecule has 0 aromatic heterocycles. The van der Waals surface area contributed by atoms with Gasteiger partial charge in [-0.25, -0.2) is 14.4 Å². The standard InChI is InChI=1S/C17H20N2O6/c1-10-13(16(21)25-9-8-23-2)14(19-17(22)18-10)11-4-6-12(7-5-11)15(20)24-3/h4-7,14H,8-9H2,1-3H3,(H2,18,19,22)/t14-/m1/s1. The van der Waals surface area contributed by atoms with Crippen LogP contribution in [0.15, 0.2) is 35.5 Å². The molecule has 1 heterocycles. The van der Waals surface area contributed by atoms with E-state index in [1.54, 1.807) is 31.2 Å². The predicted molar refractivity (Wildman–Crippen MR) is 87.7 cm³/mol. The molecule has 1 atom stereocenters. The minimum atomic E-state index is -0.685. The second kappa shape index (κ2) is 8.29. The lowest BCUT2D eigenvalue weighted by Crippen LogP contribution is -2.45. The second-order valence-corrected chi connectivity index (χ2v) is 5.31. The van der Waals surface area contributed by atoms with Gasteiger partial charge >= 0.3 is 18.0 Å². The lowest BCUT2D eigenvalue weighted by atomic mass is 9.95. The Bertz CT molecular complexity index is 696. The minimum Gasteiger partial charge on any atom is -0.465 e. The number of hydrogen-bond donors (Lipinski definition) is 2. The average Bonchev–Trinajstić information content (AvgIpc) is 2.60. The molecule has 8 heteroatoms. The third kappa shape index (κ3) is 4.36. The van der Waals surface area contributed by atoms with Gasteiger partial charge in [-0.3, -0.25) is 0 Å². The summed E-state index contributed by atoms with van der Waals surface area (Å²) in [5.41, 5.74) is 1.71. The van der Waals surface area contributed by atoms with Crippen molar-refractivity contribution in [3.8, 4) is 0 Å². The summed E-state index contributed by atoms with van der Waals surface area (Å²) >= 11 is 0. The fourth-order valence-electron chi connectivity index (χ4n) is 2.44. The van der Waals surface area contributed by atoms with Gasteiger partial charge in [0.15, 0.2) is 0 Å². The molecular weight excluding hydrogens is 328 g/mol. The van der Waals surface area contributed by atoms with Gasteiger partial charge in [0.2, 0.25) is 0 Å². The van der Waals surface area contributed by atoms with Gasteiger partial charge in [0.1, 0.15) is 6.61 Å². The molecule has 2 rings (SSSR count). The molecule has 2 amide bonds. The van der Waals surface area contributed by atoms with Crippen LogP contribution in [0.1, 0.15) is 28.9 Å². The maximum atomic E-state index is 12.4. The van der Waals surface area contributed by atoms with Gasteiger partial charge in [0.05, 0.1) is 30.9 Å². The van der Waals surface area contributed by atoms with Crippen LogP contribution in [0.25, 0.3) is 0 Å². The molecule has 0 radical (unpaired) electrons. The number of allylic oxidation sites excluding steroid dienone is 1. The number of hydrogen-bond acceptors (Lipinski definition) is 6. The van der Waals surface area contributed by atoms with Gasteiger partial charge in [0.25, 0.3) is 0 Å². The number of nitrogens with one attached hydrogen (secondary N) is 2. The largest absolute Gasteiger partial charge is 0.465 e. The molecular formula is C17H20N2O6. The molecule has 0 saturated heterocycles. The van der Waals surface area contributed by atoms with Crippen molar-refractivity contribution in [2.24, 2.45) is 0 Å². The van der Waals surface area contributed by atoms with Crippen LogP contribution in [0.5, 0.6) is 0 Å². The Hall–Kier alpha value is -2.87. The first kappa shape index (κ1) is 18.5. The molecule has 2 N–H and O–H groups in total. The molecule has 25 heavy (non-hydrogen) atoms. The molecule has 0 spiro atoms. The van der Waals surface area contributed by atoms with E-state index in [1.807, 2.05) is 0 Å². The summed E-state index contributed by atoms with van der Waals surface area (Å²) in [7, 11) is 2.80. The number of carbonyl (C=O) groups is 3. The molecule has 1 aliphatic rings. The highest BCUT2D eigenvalue weighted by atomic mass is 16.6. The Kier molecular flexibility index (Phi) is 6.13. The molecule has 1 aromatic carbocycles. The Morgan fingerprint density at radius 1 is 1.08 bits per heavy atom. The lowest BCUT2D eigenvalue weighted by molar-refractivity contribution is -0.140. The number of rotatable bonds is 6. The minimum absolute atomic E-state index is 0.105. The average molecular weight is 348 g/mol. The van der Waals surface area contributed by atoms with Crippen LogP contribution in [0.3, 0.4) is 0 Å². The fourth-order valence-corrected chi connectivity index (χ4v) is 2.44. The highest BCUT2D eigenvalue weighted by Crippen LogP contribution is 2.27. The van der Waals surface area contributed by atoms with Gasteiger partial charge in [0, 0.05) is 12.8 Å². The number of esters is 2. The number of ether oxygens (including phenoxy) is 3. The molecule has 1 aromatic rings. The molecule has 0 bridgehead atoms. The Morgan fingerprint density at radius 3 is 2.36 bits per heavy atom. The molecule has 0 fully saturated rings. The third-order valence-corrected chi connectivity index (χ3v) is 3.67. The summed E-state index contributed by atoms with van der Waals surface area (Å²) in [5.74, 6) is -1.02. The van der Waals surface area contributed by atoms with E-state index in [9.17, 15) is 14.4 Å². The van der Waals surface area contributed by atoms with Crippen molar-refractivity contribution in [3.63, 3.8) is 0 Å². The predicted octanol–water partition coefficient (Wildman–Crippen LogP) is 1.29. The van der Waals surface area contributed by atoms with Crippen LogP contribution in [-0.4, -0.2) is 45.4 Å². The smallest absolute Gasteiger partial charge is 0.338 e. The Morgan fingerprint density at radius 2 is 1.76 bits per heavy atom. The maximum absolute atomic E-state index is 12.4. The van der Waals surface area contributed by atoms with E-state index in [0.717, 1.165) is 0 Å². The number of methoxy groups -OCH3 is 2. The van der Waals surface area contributed by atoms with E-state index in [0.29, 0.717) is 22.4 Å². The van der Waals surface area contributed by atoms with Gasteiger partial charge in [-0.15, -0.1) is 0 Å². The summed E-state index contributed by atoms with van der Waals surface area (Å²) in [6, 6.07) is 5.33. The van der Waals surface area contributed by atoms with Crippen LogP contribution >= 0.6 is 0 Å². The van der Waals surface area contributed by atoms with Gasteiger partial charge in [-0.05, 0) is 24.6 Å². The first-order valence-corrected chi connectivity index (χ1v) is 7.60. The van der Waals surface area contributed by atoms with Crippen molar-refractivity contribution in [2.75, 3.05) is 27.4 Å². The number of amides is 2. The van der Waals surface area contributed by atoms with Crippen LogP contribution in [-0.2, 0) is 19.0 Å². The molecule has 0 aliphatic carbocycles. The van der Waals surface area contributed by atoms with Crippen molar-refractivity contribution >= 4 is 18.0 Å². The molecule has 1 aliphatic heterocycles. The lowest BCUT2D eigenvalue weighted by Gasteiger charge is -2.28. The van der Waals surface area contributed by atoms with Crippen LogP contribution in [0.4, 0.5) is 4.79 Å². The summed E-state index contributed by atoms with van der Waals surface area (Å²) in [5, 5.41) is 5.25. The Balaban J connectivity index is 2.29. The van der Waals surface area contributed by atoms with Crippen LogP contribution in [0, 0.1) is 0 Å². The quantitative estimate of drug-likeness (QED) is 0.593. The first-order valence-electron chi connectivity index (χ1n) is 7.60. The SMILES string of the molecule is COCCOC(=O)C1=C(C)NC(=O)N[C@@H]1c1ccc(C(=O)OC)cc1. The number of benzene rings is 1. The monoisotopic (exact) mass is 348 g/mol. The zero-order chi connectivity index (χ0) is 18.4. The zero-order valence-corrected chi connectivity index (χ0v) is 14.3. The first-order chi connectivity index (χ1) is 12.0. The zero-order valence-electron chi connectivity index (χ0n) is 14.3. The summed E-state index contributed by atoms with van der Waals surface area (Å²) in [6.45, 7) is 2.01. The normalized spacial score (nSPS) is 16.8. The van der Waals surface area contributed by atoms with Gasteiger partial charge < -0.3 is 24.8 Å². The molecule has 0 unspecified atom stereocenters. The van der Waals surface area contributed by atoms with Crippen LogP contribution < -0.4 is 10.6 Å². The van der Waals surface area contributed by atoms with Crippen molar-refractivity contribution in [1.29, 1.82) is 0 Å². The van der Waals surface area contributed by atoms with E-state index in [1.165, 1.54) is 14.2 Å². The number of carbonyl (C=O) groups excluding carboxylic acids is 3. The van der Waals surface area contributed by atoms with Crippen molar-refractivity contribution in [1.82, 2.24) is 10.6 Å². The Labute approximate surface area is 145 Å². The van der Waals surface area contributed by atoms with Gasteiger partial charge in [-0.2, -0.15) is 0 Å². The third-order valence-electron chi connectivity index (χ3n) is 3.67. The number of urea groups is 1. The van der Waals surface area contributed by atoms with Crippen molar-refractivity contribution < 1.29 is 28.6 Å². The maximum Gasteiger partial charge on any atom is 0.338 e. The van der Waals surface area contributed by atoms with Crippen molar-refractivity contribution in [2.45, 2.75) is 13.0 Å². The highest BCUT2D eigenvalue weighted by molar-refractivity contribution is 5.95. The summed E-state index contributed by atoms with van der Waals surface area (Å²) in [6.07, 6.45) is 0. The van der Waals surface area contributed by atoms with Crippen molar-refractivity contribution in [3.05, 3.63) is 46.7 Å². The van der Waals surface area contributed by atoms with Crippen LogP contribution in [0.2, 0.25) is 0 Å². The highest BCUT2D eigenvalue weighted by Gasteiger charge is 2.32.